The van der Waals surface area contributed by atoms with E-state index in [9.17, 15) is 31.5 Å². The molecular formula is C6H5F5O3. The van der Waals surface area contributed by atoms with Crippen LogP contribution in [-0.2, 0) is 14.3 Å². The number of Topliss-reactive ketones (excluding diaryl/α,β-unsaturated/α-hetero) is 1. The standard InChI is InChI=1S/C6H5F5O3/c1-2-14-4(13)5(7,8)3(12)6(9,10)11/h2H2,1H3. The molecule has 0 aromatic heterocycles. The second-order valence-electron chi connectivity index (χ2n) is 2.12. The number of ether oxygens (including phenoxy) is 1. The smallest absolute Gasteiger partial charge is 0.457 e. The van der Waals surface area contributed by atoms with Gasteiger partial charge in [0.2, 0.25) is 0 Å². The summed E-state index contributed by atoms with van der Waals surface area (Å²) in [6.07, 6.45) is -5.77. The van der Waals surface area contributed by atoms with Crippen LogP contribution in [0.3, 0.4) is 0 Å². The number of carbonyl (C=O) groups excluding carboxylic acids is 2. The van der Waals surface area contributed by atoms with Gasteiger partial charge in [0.1, 0.15) is 0 Å². The highest BCUT2D eigenvalue weighted by molar-refractivity contribution is 6.07. The minimum atomic E-state index is -5.77. The highest BCUT2D eigenvalue weighted by Crippen LogP contribution is 2.28. The van der Waals surface area contributed by atoms with Crippen LogP contribution in [0.4, 0.5) is 22.0 Å². The van der Waals surface area contributed by atoms with E-state index in [2.05, 4.69) is 4.74 Å². The zero-order valence-electron chi connectivity index (χ0n) is 6.82. The molecule has 0 aliphatic carbocycles. The van der Waals surface area contributed by atoms with Crippen molar-refractivity contribution in [2.75, 3.05) is 6.61 Å². The van der Waals surface area contributed by atoms with Gasteiger partial charge in [0.05, 0.1) is 6.61 Å². The fraction of sp³-hybridized carbons (Fsp3) is 0.667. The maximum Gasteiger partial charge on any atom is 0.457 e. The van der Waals surface area contributed by atoms with Crippen LogP contribution < -0.4 is 0 Å². The molecule has 0 saturated carbocycles. The van der Waals surface area contributed by atoms with Gasteiger partial charge in [-0.25, -0.2) is 4.79 Å². The molecule has 3 nitrogen and oxygen atoms in total. The lowest BCUT2D eigenvalue weighted by Gasteiger charge is -2.14. The van der Waals surface area contributed by atoms with Gasteiger partial charge in [-0.05, 0) is 6.92 Å². The van der Waals surface area contributed by atoms with Crippen molar-refractivity contribution in [2.24, 2.45) is 0 Å². The Hall–Kier alpha value is -1.21. The second-order valence-corrected chi connectivity index (χ2v) is 2.12. The summed E-state index contributed by atoms with van der Waals surface area (Å²) < 4.78 is 62.8. The summed E-state index contributed by atoms with van der Waals surface area (Å²) in [6, 6.07) is 0. The van der Waals surface area contributed by atoms with Crippen LogP contribution in [0.2, 0.25) is 0 Å². The number of alkyl halides is 5. The fourth-order valence-electron chi connectivity index (χ4n) is 0.492. The van der Waals surface area contributed by atoms with Crippen LogP contribution in [0.15, 0.2) is 0 Å². The monoisotopic (exact) mass is 220 g/mol. The summed E-state index contributed by atoms with van der Waals surface area (Å²) in [5.41, 5.74) is 0. The first-order chi connectivity index (χ1) is 6.14. The lowest BCUT2D eigenvalue weighted by atomic mass is 10.2. The number of rotatable bonds is 3. The summed E-state index contributed by atoms with van der Waals surface area (Å²) in [5.74, 6) is -11.1. The third-order valence-corrected chi connectivity index (χ3v) is 1.07. The van der Waals surface area contributed by atoms with Crippen molar-refractivity contribution in [3.8, 4) is 0 Å². The normalized spacial score (nSPS) is 12.4. The van der Waals surface area contributed by atoms with Gasteiger partial charge >= 0.3 is 23.9 Å². The molecule has 0 saturated heterocycles. The molecule has 14 heavy (non-hydrogen) atoms. The minimum absolute atomic E-state index is 0.542. The Bertz CT molecular complexity index is 244. The molecule has 0 fully saturated rings. The summed E-state index contributed by atoms with van der Waals surface area (Å²) in [4.78, 5) is 20.3. The van der Waals surface area contributed by atoms with Crippen LogP contribution in [0, 0.1) is 0 Å². The topological polar surface area (TPSA) is 43.4 Å². The quantitative estimate of drug-likeness (QED) is 0.409. The van der Waals surface area contributed by atoms with E-state index in [0.29, 0.717) is 0 Å². The molecule has 0 N–H and O–H groups in total. The zero-order valence-corrected chi connectivity index (χ0v) is 6.82. The molecule has 0 radical (unpaired) electrons. The largest absolute Gasteiger partial charge is 0.461 e. The van der Waals surface area contributed by atoms with E-state index in [1.807, 2.05) is 0 Å². The van der Waals surface area contributed by atoms with Crippen molar-refractivity contribution in [3.63, 3.8) is 0 Å². The number of esters is 1. The van der Waals surface area contributed by atoms with Crippen molar-refractivity contribution in [2.45, 2.75) is 19.0 Å². The summed E-state index contributed by atoms with van der Waals surface area (Å²) >= 11 is 0. The van der Waals surface area contributed by atoms with Gasteiger partial charge in [-0.15, -0.1) is 0 Å². The summed E-state index contributed by atoms with van der Waals surface area (Å²) in [7, 11) is 0. The fourth-order valence-corrected chi connectivity index (χ4v) is 0.492. The maximum absolute atomic E-state index is 12.3. The molecule has 0 unspecified atom stereocenters. The van der Waals surface area contributed by atoms with Crippen LogP contribution in [-0.4, -0.2) is 30.5 Å². The van der Waals surface area contributed by atoms with Crippen LogP contribution in [0.25, 0.3) is 0 Å². The van der Waals surface area contributed by atoms with Crippen molar-refractivity contribution in [1.82, 2.24) is 0 Å². The molecule has 0 rings (SSSR count). The second kappa shape index (κ2) is 3.89. The van der Waals surface area contributed by atoms with E-state index in [1.54, 1.807) is 0 Å². The molecule has 0 atom stereocenters. The molecule has 0 aromatic carbocycles. The van der Waals surface area contributed by atoms with Crippen molar-refractivity contribution >= 4 is 11.8 Å². The van der Waals surface area contributed by atoms with Crippen LogP contribution in [0.5, 0.6) is 0 Å². The predicted octanol–water partition coefficient (Wildman–Crippen LogP) is 1.32. The molecule has 0 aliphatic rings. The van der Waals surface area contributed by atoms with Crippen molar-refractivity contribution in [1.29, 1.82) is 0 Å². The van der Waals surface area contributed by atoms with Gasteiger partial charge in [-0.2, -0.15) is 22.0 Å². The van der Waals surface area contributed by atoms with E-state index in [4.69, 9.17) is 0 Å². The number of hydrogen-bond donors (Lipinski definition) is 0. The molecule has 0 aliphatic heterocycles. The molecule has 0 heterocycles. The Balaban J connectivity index is 4.79. The van der Waals surface area contributed by atoms with Crippen LogP contribution in [0.1, 0.15) is 6.92 Å². The van der Waals surface area contributed by atoms with E-state index in [-0.39, 0.29) is 0 Å². The highest BCUT2D eigenvalue weighted by Gasteiger charge is 2.60. The van der Waals surface area contributed by atoms with Crippen LogP contribution >= 0.6 is 0 Å². The Labute approximate surface area is 74.8 Å². The summed E-state index contributed by atoms with van der Waals surface area (Å²) in [5, 5.41) is 0. The molecular weight excluding hydrogens is 215 g/mol. The third kappa shape index (κ3) is 2.64. The van der Waals surface area contributed by atoms with Gasteiger partial charge in [0.25, 0.3) is 0 Å². The Morgan fingerprint density at radius 2 is 1.57 bits per heavy atom. The maximum atomic E-state index is 12.3. The first kappa shape index (κ1) is 12.8. The highest BCUT2D eigenvalue weighted by atomic mass is 19.4. The third-order valence-electron chi connectivity index (χ3n) is 1.07. The Morgan fingerprint density at radius 1 is 1.14 bits per heavy atom. The van der Waals surface area contributed by atoms with Gasteiger partial charge in [0.15, 0.2) is 0 Å². The van der Waals surface area contributed by atoms with E-state index in [1.165, 1.54) is 0 Å². The van der Waals surface area contributed by atoms with Gasteiger partial charge in [-0.1, -0.05) is 0 Å². The molecule has 0 bridgehead atoms. The summed E-state index contributed by atoms with van der Waals surface area (Å²) in [6.45, 7) is 0.575. The Morgan fingerprint density at radius 3 is 1.86 bits per heavy atom. The lowest BCUT2D eigenvalue weighted by Crippen LogP contribution is -2.46. The SMILES string of the molecule is CCOC(=O)C(F)(F)C(=O)C(F)(F)F. The Kier molecular flexibility index (Phi) is 3.55. The first-order valence-electron chi connectivity index (χ1n) is 3.30. The van der Waals surface area contributed by atoms with Gasteiger partial charge < -0.3 is 4.74 Å². The predicted molar refractivity (Wildman–Crippen MR) is 32.6 cm³/mol. The average molecular weight is 220 g/mol. The van der Waals surface area contributed by atoms with Crippen molar-refractivity contribution < 1.29 is 36.3 Å². The minimum Gasteiger partial charge on any atom is -0.461 e. The van der Waals surface area contributed by atoms with E-state index in [0.717, 1.165) is 6.92 Å². The molecule has 8 heteroatoms. The number of hydrogen-bond acceptors (Lipinski definition) is 3. The number of halogens is 5. The molecule has 82 valence electrons. The van der Waals surface area contributed by atoms with E-state index >= 15 is 0 Å². The average Bonchev–Trinajstić information content (AvgIpc) is 2.01. The van der Waals surface area contributed by atoms with E-state index < -0.39 is 30.5 Å². The van der Waals surface area contributed by atoms with Gasteiger partial charge in [0, 0.05) is 0 Å². The van der Waals surface area contributed by atoms with Crippen molar-refractivity contribution in [3.05, 3.63) is 0 Å². The van der Waals surface area contributed by atoms with Gasteiger partial charge in [-0.3, -0.25) is 4.79 Å². The number of ketones is 1. The molecule has 0 amide bonds. The number of carbonyl (C=O) groups is 2. The zero-order chi connectivity index (χ0) is 11.6. The molecule has 0 aromatic rings. The first-order valence-corrected chi connectivity index (χ1v) is 3.30. The lowest BCUT2D eigenvalue weighted by molar-refractivity contribution is -0.204. The molecule has 0 spiro atoms.